The van der Waals surface area contributed by atoms with E-state index in [4.69, 9.17) is 9.47 Å². The SMILES string of the molecule is COc1cccc(C2CN(CCC(=O)NC3CC3)CC2C(=O)O)c1OC. The summed E-state index contributed by atoms with van der Waals surface area (Å²) >= 11 is 0. The highest BCUT2D eigenvalue weighted by Gasteiger charge is 2.40. The van der Waals surface area contributed by atoms with Gasteiger partial charge in [0, 0.05) is 43.6 Å². The average molecular weight is 362 g/mol. The van der Waals surface area contributed by atoms with Crippen molar-refractivity contribution in [2.45, 2.75) is 31.2 Å². The van der Waals surface area contributed by atoms with Crippen molar-refractivity contribution in [3.63, 3.8) is 0 Å². The van der Waals surface area contributed by atoms with Crippen LogP contribution in [0.4, 0.5) is 0 Å². The number of methoxy groups -OCH3 is 2. The van der Waals surface area contributed by atoms with E-state index in [1.54, 1.807) is 20.3 Å². The van der Waals surface area contributed by atoms with Crippen molar-refractivity contribution >= 4 is 11.9 Å². The van der Waals surface area contributed by atoms with Gasteiger partial charge in [0.25, 0.3) is 0 Å². The van der Waals surface area contributed by atoms with Gasteiger partial charge in [-0.1, -0.05) is 12.1 Å². The molecule has 1 aliphatic heterocycles. The predicted molar refractivity (Wildman–Crippen MR) is 95.6 cm³/mol. The molecule has 2 N–H and O–H groups in total. The molecule has 0 bridgehead atoms. The third-order valence-electron chi connectivity index (χ3n) is 5.14. The number of carbonyl (C=O) groups is 2. The minimum absolute atomic E-state index is 0.0433. The van der Waals surface area contributed by atoms with Crippen LogP contribution in [0.25, 0.3) is 0 Å². The molecule has 2 aliphatic rings. The first-order chi connectivity index (χ1) is 12.5. The van der Waals surface area contributed by atoms with E-state index in [0.717, 1.165) is 18.4 Å². The van der Waals surface area contributed by atoms with Crippen LogP contribution in [0.3, 0.4) is 0 Å². The van der Waals surface area contributed by atoms with Crippen molar-refractivity contribution in [2.24, 2.45) is 5.92 Å². The van der Waals surface area contributed by atoms with Crippen LogP contribution in [0.1, 0.15) is 30.7 Å². The minimum atomic E-state index is -0.829. The van der Waals surface area contributed by atoms with Crippen LogP contribution in [0.2, 0.25) is 0 Å². The summed E-state index contributed by atoms with van der Waals surface area (Å²) in [5.74, 6) is -0.353. The van der Waals surface area contributed by atoms with Crippen molar-refractivity contribution in [3.8, 4) is 11.5 Å². The van der Waals surface area contributed by atoms with Gasteiger partial charge in [0.2, 0.25) is 5.91 Å². The number of rotatable bonds is 8. The van der Waals surface area contributed by atoms with Gasteiger partial charge in [0.1, 0.15) is 0 Å². The minimum Gasteiger partial charge on any atom is -0.493 e. The zero-order valence-corrected chi connectivity index (χ0v) is 15.2. The number of amides is 1. The van der Waals surface area contributed by atoms with Crippen LogP contribution < -0.4 is 14.8 Å². The van der Waals surface area contributed by atoms with E-state index in [9.17, 15) is 14.7 Å². The maximum absolute atomic E-state index is 11.9. The average Bonchev–Trinajstić information content (AvgIpc) is 3.33. The number of nitrogens with one attached hydrogen (secondary N) is 1. The number of hydrogen-bond acceptors (Lipinski definition) is 5. The monoisotopic (exact) mass is 362 g/mol. The Balaban J connectivity index is 1.71. The molecule has 1 aliphatic carbocycles. The highest BCUT2D eigenvalue weighted by molar-refractivity contribution is 5.77. The molecule has 2 unspecified atom stereocenters. The molecule has 26 heavy (non-hydrogen) atoms. The van der Waals surface area contributed by atoms with Crippen LogP contribution >= 0.6 is 0 Å². The smallest absolute Gasteiger partial charge is 0.308 e. The zero-order chi connectivity index (χ0) is 18.7. The van der Waals surface area contributed by atoms with Gasteiger partial charge >= 0.3 is 5.97 Å². The number of carbonyl (C=O) groups excluding carboxylic acids is 1. The first kappa shape index (κ1) is 18.5. The van der Waals surface area contributed by atoms with E-state index in [1.165, 1.54) is 0 Å². The van der Waals surface area contributed by atoms with Crippen LogP contribution in [-0.4, -0.2) is 61.8 Å². The molecule has 1 saturated carbocycles. The van der Waals surface area contributed by atoms with Gasteiger partial charge in [0.15, 0.2) is 11.5 Å². The molecule has 2 atom stereocenters. The van der Waals surface area contributed by atoms with E-state index in [0.29, 0.717) is 43.6 Å². The summed E-state index contributed by atoms with van der Waals surface area (Å²) < 4.78 is 10.8. The number of likely N-dealkylation sites (tertiary alicyclic amines) is 1. The lowest BCUT2D eigenvalue weighted by Gasteiger charge is -2.20. The van der Waals surface area contributed by atoms with Crippen molar-refractivity contribution in [2.75, 3.05) is 33.9 Å². The van der Waals surface area contributed by atoms with Crippen LogP contribution in [0.15, 0.2) is 18.2 Å². The Bertz CT molecular complexity index is 674. The molecule has 7 heteroatoms. The first-order valence-corrected chi connectivity index (χ1v) is 8.99. The molecule has 142 valence electrons. The maximum atomic E-state index is 11.9. The van der Waals surface area contributed by atoms with E-state index in [-0.39, 0.29) is 11.8 Å². The van der Waals surface area contributed by atoms with Gasteiger partial charge in [0.05, 0.1) is 20.1 Å². The number of hydrogen-bond donors (Lipinski definition) is 2. The largest absolute Gasteiger partial charge is 0.493 e. The fourth-order valence-electron chi connectivity index (χ4n) is 3.62. The summed E-state index contributed by atoms with van der Waals surface area (Å²) in [7, 11) is 3.13. The molecule has 0 radical (unpaired) electrons. The summed E-state index contributed by atoms with van der Waals surface area (Å²) in [6, 6.07) is 5.89. The second-order valence-corrected chi connectivity index (χ2v) is 6.99. The summed E-state index contributed by atoms with van der Waals surface area (Å²) in [6.45, 7) is 1.57. The number of carboxylic acid groups (broad SMARTS) is 1. The Labute approximate surface area is 153 Å². The lowest BCUT2D eigenvalue weighted by Crippen LogP contribution is -2.31. The van der Waals surface area contributed by atoms with E-state index in [1.807, 2.05) is 12.1 Å². The van der Waals surface area contributed by atoms with E-state index < -0.39 is 11.9 Å². The number of para-hydroxylation sites is 1. The van der Waals surface area contributed by atoms with Gasteiger partial charge in [-0.05, 0) is 18.9 Å². The van der Waals surface area contributed by atoms with Gasteiger partial charge < -0.3 is 24.8 Å². The normalized spacial score (nSPS) is 22.8. The Morgan fingerprint density at radius 1 is 1.23 bits per heavy atom. The summed E-state index contributed by atoms with van der Waals surface area (Å²) in [5, 5.41) is 12.6. The number of nitrogens with zero attached hydrogens (tertiary/aromatic N) is 1. The molecule has 0 aromatic heterocycles. The van der Waals surface area contributed by atoms with Gasteiger partial charge in [-0.15, -0.1) is 0 Å². The van der Waals surface area contributed by atoms with E-state index >= 15 is 0 Å². The second kappa shape index (κ2) is 7.95. The predicted octanol–water partition coefficient (Wildman–Crippen LogP) is 1.47. The first-order valence-electron chi connectivity index (χ1n) is 8.99. The third kappa shape index (κ3) is 4.09. The van der Waals surface area contributed by atoms with Crippen LogP contribution in [0, 0.1) is 5.92 Å². The standard InChI is InChI=1S/C19H26N2O5/c1-25-16-5-3-4-13(18(16)26-2)14-10-21(11-15(14)19(23)24)9-8-17(22)20-12-6-7-12/h3-5,12,14-15H,6-11H2,1-2H3,(H,20,22)(H,23,24). The Kier molecular flexibility index (Phi) is 5.66. The van der Waals surface area contributed by atoms with E-state index in [2.05, 4.69) is 10.2 Å². The maximum Gasteiger partial charge on any atom is 0.308 e. The van der Waals surface area contributed by atoms with Gasteiger partial charge in [-0.25, -0.2) is 0 Å². The molecule has 1 amide bonds. The molecular weight excluding hydrogens is 336 g/mol. The van der Waals surface area contributed by atoms with Crippen LogP contribution in [-0.2, 0) is 9.59 Å². The number of carboxylic acids is 1. The summed E-state index contributed by atoms with van der Waals surface area (Å²) in [5.41, 5.74) is 0.837. The topological polar surface area (TPSA) is 88.1 Å². The molecule has 0 spiro atoms. The molecule has 1 aromatic carbocycles. The molecule has 7 nitrogen and oxygen atoms in total. The van der Waals surface area contributed by atoms with Crippen molar-refractivity contribution in [1.29, 1.82) is 0 Å². The molecule has 1 saturated heterocycles. The van der Waals surface area contributed by atoms with Crippen molar-refractivity contribution < 1.29 is 24.2 Å². The quantitative estimate of drug-likeness (QED) is 0.728. The fraction of sp³-hybridized carbons (Fsp3) is 0.579. The van der Waals surface area contributed by atoms with Gasteiger partial charge in [-0.3, -0.25) is 9.59 Å². The summed E-state index contributed by atoms with van der Waals surface area (Å²) in [6.07, 6.45) is 2.52. The molecule has 2 fully saturated rings. The second-order valence-electron chi connectivity index (χ2n) is 6.99. The van der Waals surface area contributed by atoms with Crippen molar-refractivity contribution in [1.82, 2.24) is 10.2 Å². The van der Waals surface area contributed by atoms with Crippen LogP contribution in [0.5, 0.6) is 11.5 Å². The fourth-order valence-corrected chi connectivity index (χ4v) is 3.62. The Hall–Kier alpha value is -2.28. The highest BCUT2D eigenvalue weighted by atomic mass is 16.5. The molecular formula is C19H26N2O5. The van der Waals surface area contributed by atoms with Gasteiger partial charge in [-0.2, -0.15) is 0 Å². The lowest BCUT2D eigenvalue weighted by molar-refractivity contribution is -0.141. The number of benzene rings is 1. The third-order valence-corrected chi connectivity index (χ3v) is 5.14. The molecule has 1 aromatic rings. The summed E-state index contributed by atoms with van der Waals surface area (Å²) in [4.78, 5) is 25.8. The molecule has 3 rings (SSSR count). The Morgan fingerprint density at radius 3 is 2.62 bits per heavy atom. The Morgan fingerprint density at radius 2 is 2.00 bits per heavy atom. The van der Waals surface area contributed by atoms with Crippen molar-refractivity contribution in [3.05, 3.63) is 23.8 Å². The lowest BCUT2D eigenvalue weighted by atomic mass is 9.88. The molecule has 1 heterocycles. The number of aliphatic carboxylic acids is 1. The highest BCUT2D eigenvalue weighted by Crippen LogP contribution is 2.41. The zero-order valence-electron chi connectivity index (χ0n) is 15.2. The number of ether oxygens (including phenoxy) is 2.